The summed E-state index contributed by atoms with van der Waals surface area (Å²) in [6.07, 6.45) is 6.13. The number of nitrogens with zero attached hydrogens (tertiary/aromatic N) is 3. The molecule has 2 aliphatic heterocycles. The molecule has 2 aliphatic rings. The number of hydrazine groups is 1. The van der Waals surface area contributed by atoms with Crippen molar-refractivity contribution in [2.24, 2.45) is 0 Å². The second-order valence-corrected chi connectivity index (χ2v) is 6.67. The summed E-state index contributed by atoms with van der Waals surface area (Å²) >= 11 is 6.02. The SMILES string of the molecule is Cc1cc(C2=CNN3C2=CN(c2ccc(Cl)cc2)C[C@@H]3C)ccn1. The zero-order valence-electron chi connectivity index (χ0n) is 13.7. The van der Waals surface area contributed by atoms with Gasteiger partial charge in [0.15, 0.2) is 0 Å². The first-order valence-electron chi connectivity index (χ1n) is 8.05. The molecule has 0 spiro atoms. The second kappa shape index (κ2) is 5.87. The molecule has 0 saturated heterocycles. The summed E-state index contributed by atoms with van der Waals surface area (Å²) in [7, 11) is 0. The predicted octanol–water partition coefficient (Wildman–Crippen LogP) is 3.95. The fourth-order valence-electron chi connectivity index (χ4n) is 3.23. The van der Waals surface area contributed by atoms with Crippen LogP contribution < -0.4 is 10.3 Å². The number of hydrogen-bond donors (Lipinski definition) is 1. The van der Waals surface area contributed by atoms with Gasteiger partial charge in [0, 0.05) is 47.1 Å². The molecule has 0 saturated carbocycles. The number of anilines is 1. The lowest BCUT2D eigenvalue weighted by atomic mass is 10.0. The van der Waals surface area contributed by atoms with Gasteiger partial charge in [-0.25, -0.2) is 0 Å². The number of rotatable bonds is 2. The quantitative estimate of drug-likeness (QED) is 0.898. The molecule has 1 aromatic carbocycles. The summed E-state index contributed by atoms with van der Waals surface area (Å²) in [5, 5.41) is 2.98. The third-order valence-electron chi connectivity index (χ3n) is 4.43. The number of pyridine rings is 1. The molecule has 24 heavy (non-hydrogen) atoms. The van der Waals surface area contributed by atoms with Gasteiger partial charge < -0.3 is 10.3 Å². The average molecular weight is 339 g/mol. The molecular weight excluding hydrogens is 320 g/mol. The van der Waals surface area contributed by atoms with Gasteiger partial charge in [-0.3, -0.25) is 9.99 Å². The van der Waals surface area contributed by atoms with Crippen molar-refractivity contribution in [3.05, 3.63) is 77.0 Å². The van der Waals surface area contributed by atoms with E-state index in [0.29, 0.717) is 6.04 Å². The lowest BCUT2D eigenvalue weighted by Gasteiger charge is -2.38. The van der Waals surface area contributed by atoms with Gasteiger partial charge in [0.2, 0.25) is 0 Å². The van der Waals surface area contributed by atoms with Gasteiger partial charge in [-0.05, 0) is 55.8 Å². The van der Waals surface area contributed by atoms with Crippen LogP contribution in [0.3, 0.4) is 0 Å². The van der Waals surface area contributed by atoms with Crippen LogP contribution >= 0.6 is 11.6 Å². The summed E-state index contributed by atoms with van der Waals surface area (Å²) in [6.45, 7) is 5.15. The Kier molecular flexibility index (Phi) is 3.69. The summed E-state index contributed by atoms with van der Waals surface area (Å²) in [4.78, 5) is 6.58. The summed E-state index contributed by atoms with van der Waals surface area (Å²) in [6, 6.07) is 12.5. The van der Waals surface area contributed by atoms with Crippen LogP contribution in [0.2, 0.25) is 5.02 Å². The van der Waals surface area contributed by atoms with E-state index in [1.807, 2.05) is 25.3 Å². The number of allylic oxidation sites excluding steroid dienone is 1. The molecule has 1 N–H and O–H groups in total. The fourth-order valence-corrected chi connectivity index (χ4v) is 3.35. The van der Waals surface area contributed by atoms with Gasteiger partial charge in [-0.15, -0.1) is 0 Å². The molecule has 0 bridgehead atoms. The van der Waals surface area contributed by atoms with Gasteiger partial charge in [0.1, 0.15) is 0 Å². The molecular formula is C19H19ClN4. The van der Waals surface area contributed by atoms with Crippen LogP contribution in [0, 0.1) is 6.92 Å². The van der Waals surface area contributed by atoms with Crippen LogP contribution in [-0.4, -0.2) is 22.6 Å². The molecule has 3 heterocycles. The third-order valence-corrected chi connectivity index (χ3v) is 4.68. The van der Waals surface area contributed by atoms with E-state index < -0.39 is 0 Å². The number of fused-ring (bicyclic) bond motifs is 1. The summed E-state index contributed by atoms with van der Waals surface area (Å²) in [5.41, 5.74) is 9.10. The van der Waals surface area contributed by atoms with Crippen molar-refractivity contribution in [2.75, 3.05) is 11.4 Å². The highest BCUT2D eigenvalue weighted by Crippen LogP contribution is 2.34. The van der Waals surface area contributed by atoms with E-state index >= 15 is 0 Å². The van der Waals surface area contributed by atoms with Crippen molar-refractivity contribution in [1.29, 1.82) is 0 Å². The van der Waals surface area contributed by atoms with E-state index in [2.05, 4.69) is 63.9 Å². The highest BCUT2D eigenvalue weighted by atomic mass is 35.5. The molecule has 0 unspecified atom stereocenters. The van der Waals surface area contributed by atoms with E-state index in [1.165, 1.54) is 16.8 Å². The standard InChI is InChI=1S/C19H19ClN4/c1-13-9-15(7-8-21-13)18-10-22-24-14(2)11-23(12-19(18)24)17-5-3-16(20)4-6-17/h3-10,12,14,22H,11H2,1-2H3/t14-/m0/s1. The van der Waals surface area contributed by atoms with E-state index in [-0.39, 0.29) is 0 Å². The van der Waals surface area contributed by atoms with Crippen molar-refractivity contribution in [3.63, 3.8) is 0 Å². The second-order valence-electron chi connectivity index (χ2n) is 6.24. The van der Waals surface area contributed by atoms with Gasteiger partial charge in [-0.2, -0.15) is 0 Å². The molecule has 0 amide bonds. The van der Waals surface area contributed by atoms with Gasteiger partial charge in [-0.1, -0.05) is 11.6 Å². The van der Waals surface area contributed by atoms with Crippen LogP contribution in [0.15, 0.2) is 60.7 Å². The first kappa shape index (κ1) is 15.1. The van der Waals surface area contributed by atoms with E-state index in [0.717, 1.165) is 22.9 Å². The normalized spacial score (nSPS) is 19.5. The molecule has 5 heteroatoms. The van der Waals surface area contributed by atoms with Crippen LogP contribution in [0.5, 0.6) is 0 Å². The van der Waals surface area contributed by atoms with Gasteiger partial charge in [0.05, 0.1) is 11.7 Å². The number of hydrogen-bond acceptors (Lipinski definition) is 4. The largest absolute Gasteiger partial charge is 0.344 e. The van der Waals surface area contributed by atoms with E-state index in [4.69, 9.17) is 11.6 Å². The maximum absolute atomic E-state index is 6.02. The maximum Gasteiger partial charge on any atom is 0.0831 e. The maximum atomic E-state index is 6.02. The van der Waals surface area contributed by atoms with Crippen molar-refractivity contribution in [1.82, 2.24) is 15.4 Å². The van der Waals surface area contributed by atoms with Crippen molar-refractivity contribution < 1.29 is 0 Å². The summed E-state index contributed by atoms with van der Waals surface area (Å²) < 4.78 is 0. The zero-order chi connectivity index (χ0) is 16.7. The first-order valence-corrected chi connectivity index (χ1v) is 8.42. The Hall–Kier alpha value is -2.46. The third kappa shape index (κ3) is 2.63. The smallest absolute Gasteiger partial charge is 0.0831 e. The van der Waals surface area contributed by atoms with Crippen molar-refractivity contribution in [3.8, 4) is 0 Å². The lowest BCUT2D eigenvalue weighted by Crippen LogP contribution is -2.47. The highest BCUT2D eigenvalue weighted by Gasteiger charge is 2.31. The number of benzene rings is 1. The molecule has 4 rings (SSSR count). The summed E-state index contributed by atoms with van der Waals surface area (Å²) in [5.74, 6) is 0. The van der Waals surface area contributed by atoms with Crippen LogP contribution in [0.4, 0.5) is 5.69 Å². The Morgan fingerprint density at radius 3 is 2.75 bits per heavy atom. The van der Waals surface area contributed by atoms with Crippen LogP contribution in [-0.2, 0) is 0 Å². The average Bonchev–Trinajstić information content (AvgIpc) is 3.00. The molecule has 1 aromatic heterocycles. The van der Waals surface area contributed by atoms with Crippen molar-refractivity contribution in [2.45, 2.75) is 19.9 Å². The Morgan fingerprint density at radius 1 is 1.21 bits per heavy atom. The van der Waals surface area contributed by atoms with E-state index in [9.17, 15) is 0 Å². The number of halogens is 1. The molecule has 122 valence electrons. The monoisotopic (exact) mass is 338 g/mol. The number of nitrogens with one attached hydrogen (secondary N) is 1. The topological polar surface area (TPSA) is 31.4 Å². The van der Waals surface area contributed by atoms with Crippen LogP contribution in [0.25, 0.3) is 5.57 Å². The minimum absolute atomic E-state index is 0.345. The molecule has 2 aromatic rings. The minimum Gasteiger partial charge on any atom is -0.344 e. The van der Waals surface area contributed by atoms with Gasteiger partial charge in [0.25, 0.3) is 0 Å². The molecule has 0 aliphatic carbocycles. The minimum atomic E-state index is 0.345. The van der Waals surface area contributed by atoms with Crippen LogP contribution in [0.1, 0.15) is 18.2 Å². The Morgan fingerprint density at radius 2 is 2.00 bits per heavy atom. The Balaban J connectivity index is 1.72. The number of aromatic nitrogens is 1. The molecule has 4 nitrogen and oxygen atoms in total. The highest BCUT2D eigenvalue weighted by molar-refractivity contribution is 6.30. The molecule has 0 radical (unpaired) electrons. The first-order chi connectivity index (χ1) is 11.6. The number of aryl methyl sites for hydroxylation is 1. The molecule has 0 fully saturated rings. The van der Waals surface area contributed by atoms with Gasteiger partial charge >= 0.3 is 0 Å². The molecule has 1 atom stereocenters. The Bertz CT molecular complexity index is 826. The fraction of sp³-hybridized carbons (Fsp3) is 0.211. The van der Waals surface area contributed by atoms with Crippen molar-refractivity contribution >= 4 is 22.9 Å². The predicted molar refractivity (Wildman–Crippen MR) is 98.3 cm³/mol. The van der Waals surface area contributed by atoms with E-state index in [1.54, 1.807) is 0 Å². The Labute approximate surface area is 147 Å². The zero-order valence-corrected chi connectivity index (χ0v) is 14.5. The lowest BCUT2D eigenvalue weighted by molar-refractivity contribution is 0.232.